The summed E-state index contributed by atoms with van der Waals surface area (Å²) in [5.74, 6) is 0.354. The van der Waals surface area contributed by atoms with Gasteiger partial charge in [-0.15, -0.1) is 0 Å². The van der Waals surface area contributed by atoms with Crippen LogP contribution in [0, 0.1) is 11.7 Å². The molecule has 0 saturated carbocycles. The van der Waals surface area contributed by atoms with Gasteiger partial charge in [-0.05, 0) is 36.5 Å². The molecule has 2 aliphatic heterocycles. The van der Waals surface area contributed by atoms with Gasteiger partial charge < -0.3 is 15.0 Å². The van der Waals surface area contributed by atoms with Gasteiger partial charge in [0.25, 0.3) is 0 Å². The van der Waals surface area contributed by atoms with E-state index in [4.69, 9.17) is 4.74 Å². The standard InChI is InChI=1S/C17H23FN2O2/c18-15-3-1-2-14(11-15)16-12-19-6-7-20(16)17(21)10-13-4-8-22-9-5-13/h1-3,11,13,16,19H,4-10,12H2. The van der Waals surface area contributed by atoms with E-state index in [2.05, 4.69) is 5.32 Å². The van der Waals surface area contributed by atoms with Crippen LogP contribution in [0.4, 0.5) is 4.39 Å². The van der Waals surface area contributed by atoms with Crippen LogP contribution in [-0.2, 0) is 9.53 Å². The highest BCUT2D eigenvalue weighted by Gasteiger charge is 2.29. The SMILES string of the molecule is O=C(CC1CCOCC1)N1CCNCC1c1cccc(F)c1. The Balaban J connectivity index is 1.70. The lowest BCUT2D eigenvalue weighted by molar-refractivity contribution is -0.136. The fourth-order valence-electron chi connectivity index (χ4n) is 3.33. The number of carbonyl (C=O) groups is 1. The van der Waals surface area contributed by atoms with Crippen molar-refractivity contribution in [1.29, 1.82) is 0 Å². The molecule has 3 rings (SSSR count). The molecule has 2 aliphatic rings. The van der Waals surface area contributed by atoms with Crippen molar-refractivity contribution in [3.63, 3.8) is 0 Å². The Morgan fingerprint density at radius 2 is 2.18 bits per heavy atom. The van der Waals surface area contributed by atoms with E-state index in [1.807, 2.05) is 11.0 Å². The highest BCUT2D eigenvalue weighted by molar-refractivity contribution is 5.77. The molecule has 0 spiro atoms. The molecule has 1 aromatic rings. The van der Waals surface area contributed by atoms with Crippen molar-refractivity contribution in [1.82, 2.24) is 10.2 Å². The van der Waals surface area contributed by atoms with Crippen LogP contribution in [-0.4, -0.2) is 43.7 Å². The molecule has 0 aromatic heterocycles. The van der Waals surface area contributed by atoms with Gasteiger partial charge in [-0.3, -0.25) is 4.79 Å². The first-order valence-electron chi connectivity index (χ1n) is 8.07. The zero-order valence-corrected chi connectivity index (χ0v) is 12.8. The number of ether oxygens (including phenoxy) is 1. The van der Waals surface area contributed by atoms with Crippen molar-refractivity contribution >= 4 is 5.91 Å². The maximum atomic E-state index is 13.5. The zero-order valence-electron chi connectivity index (χ0n) is 12.8. The van der Waals surface area contributed by atoms with Gasteiger partial charge in [0.1, 0.15) is 5.82 Å². The van der Waals surface area contributed by atoms with Crippen molar-refractivity contribution in [2.75, 3.05) is 32.8 Å². The molecule has 1 atom stereocenters. The second kappa shape index (κ2) is 7.20. The second-order valence-corrected chi connectivity index (χ2v) is 6.12. The summed E-state index contributed by atoms with van der Waals surface area (Å²) in [7, 11) is 0. The molecule has 2 heterocycles. The third kappa shape index (κ3) is 3.65. The number of benzene rings is 1. The minimum atomic E-state index is -0.250. The number of amides is 1. The van der Waals surface area contributed by atoms with E-state index >= 15 is 0 Å². The summed E-state index contributed by atoms with van der Waals surface area (Å²) in [5.41, 5.74) is 0.868. The van der Waals surface area contributed by atoms with E-state index in [-0.39, 0.29) is 17.8 Å². The lowest BCUT2D eigenvalue weighted by Gasteiger charge is -2.37. The van der Waals surface area contributed by atoms with Crippen molar-refractivity contribution in [3.05, 3.63) is 35.6 Å². The number of carbonyl (C=O) groups excluding carboxylic acids is 1. The van der Waals surface area contributed by atoms with Gasteiger partial charge in [0, 0.05) is 39.3 Å². The first-order valence-corrected chi connectivity index (χ1v) is 8.07. The molecule has 22 heavy (non-hydrogen) atoms. The molecule has 2 fully saturated rings. The molecule has 1 amide bonds. The molecular weight excluding hydrogens is 283 g/mol. The maximum absolute atomic E-state index is 13.5. The molecular formula is C17H23FN2O2. The van der Waals surface area contributed by atoms with Crippen molar-refractivity contribution in [2.24, 2.45) is 5.92 Å². The van der Waals surface area contributed by atoms with Crippen LogP contribution in [0.15, 0.2) is 24.3 Å². The van der Waals surface area contributed by atoms with Gasteiger partial charge in [-0.2, -0.15) is 0 Å². The van der Waals surface area contributed by atoms with Crippen molar-refractivity contribution < 1.29 is 13.9 Å². The summed E-state index contributed by atoms with van der Waals surface area (Å²) in [4.78, 5) is 14.6. The molecule has 120 valence electrons. The van der Waals surface area contributed by atoms with Crippen LogP contribution < -0.4 is 5.32 Å². The number of nitrogens with zero attached hydrogens (tertiary/aromatic N) is 1. The number of nitrogens with one attached hydrogen (secondary N) is 1. The minimum Gasteiger partial charge on any atom is -0.381 e. The normalized spacial score (nSPS) is 23.5. The number of halogens is 1. The van der Waals surface area contributed by atoms with Gasteiger partial charge >= 0.3 is 0 Å². The van der Waals surface area contributed by atoms with E-state index in [0.29, 0.717) is 25.4 Å². The molecule has 0 aliphatic carbocycles. The van der Waals surface area contributed by atoms with Gasteiger partial charge in [0.2, 0.25) is 5.91 Å². The highest BCUT2D eigenvalue weighted by Crippen LogP contribution is 2.26. The lowest BCUT2D eigenvalue weighted by Crippen LogP contribution is -2.49. The Morgan fingerprint density at radius 1 is 1.36 bits per heavy atom. The van der Waals surface area contributed by atoms with Crippen LogP contribution in [0.1, 0.15) is 30.9 Å². The number of piperazine rings is 1. The zero-order chi connectivity index (χ0) is 15.4. The van der Waals surface area contributed by atoms with Crippen LogP contribution in [0.5, 0.6) is 0 Å². The topological polar surface area (TPSA) is 41.6 Å². The quantitative estimate of drug-likeness (QED) is 0.930. The van der Waals surface area contributed by atoms with Crippen LogP contribution in [0.3, 0.4) is 0 Å². The van der Waals surface area contributed by atoms with Crippen LogP contribution >= 0.6 is 0 Å². The number of hydrogen-bond acceptors (Lipinski definition) is 3. The smallest absolute Gasteiger partial charge is 0.223 e. The minimum absolute atomic E-state index is 0.0724. The summed E-state index contributed by atoms with van der Waals surface area (Å²) >= 11 is 0. The Bertz CT molecular complexity index is 517. The fraction of sp³-hybridized carbons (Fsp3) is 0.588. The third-order valence-electron chi connectivity index (χ3n) is 4.60. The largest absolute Gasteiger partial charge is 0.381 e. The second-order valence-electron chi connectivity index (χ2n) is 6.12. The molecule has 2 saturated heterocycles. The Hall–Kier alpha value is -1.46. The summed E-state index contributed by atoms with van der Waals surface area (Å²) in [5, 5.41) is 3.30. The Labute approximate surface area is 130 Å². The van der Waals surface area contributed by atoms with Crippen molar-refractivity contribution in [2.45, 2.75) is 25.3 Å². The first-order chi connectivity index (χ1) is 10.7. The average Bonchev–Trinajstić information content (AvgIpc) is 2.56. The van der Waals surface area contributed by atoms with Gasteiger partial charge in [0.05, 0.1) is 6.04 Å². The molecule has 1 N–H and O–H groups in total. The van der Waals surface area contributed by atoms with Crippen molar-refractivity contribution in [3.8, 4) is 0 Å². The monoisotopic (exact) mass is 306 g/mol. The van der Waals surface area contributed by atoms with E-state index in [0.717, 1.165) is 38.2 Å². The van der Waals surface area contributed by atoms with E-state index in [9.17, 15) is 9.18 Å². The Kier molecular flexibility index (Phi) is 5.05. The van der Waals surface area contributed by atoms with E-state index in [1.54, 1.807) is 6.07 Å². The lowest BCUT2D eigenvalue weighted by atomic mass is 9.94. The Morgan fingerprint density at radius 3 is 2.95 bits per heavy atom. The van der Waals surface area contributed by atoms with Crippen LogP contribution in [0.25, 0.3) is 0 Å². The van der Waals surface area contributed by atoms with E-state index < -0.39 is 0 Å². The molecule has 1 aromatic carbocycles. The predicted molar refractivity (Wildman–Crippen MR) is 81.9 cm³/mol. The molecule has 4 nitrogen and oxygen atoms in total. The average molecular weight is 306 g/mol. The molecule has 0 bridgehead atoms. The number of hydrogen-bond donors (Lipinski definition) is 1. The summed E-state index contributed by atoms with van der Waals surface area (Å²) < 4.78 is 18.8. The summed E-state index contributed by atoms with van der Waals surface area (Å²) in [6.07, 6.45) is 2.50. The summed E-state index contributed by atoms with van der Waals surface area (Å²) in [6, 6.07) is 6.51. The van der Waals surface area contributed by atoms with Gasteiger partial charge in [-0.1, -0.05) is 12.1 Å². The summed E-state index contributed by atoms with van der Waals surface area (Å²) in [6.45, 7) is 3.68. The molecule has 5 heteroatoms. The predicted octanol–water partition coefficient (Wildman–Crippen LogP) is 2.12. The third-order valence-corrected chi connectivity index (χ3v) is 4.60. The molecule has 0 radical (unpaired) electrons. The first kappa shape index (κ1) is 15.4. The number of rotatable bonds is 3. The van der Waals surface area contributed by atoms with E-state index in [1.165, 1.54) is 12.1 Å². The van der Waals surface area contributed by atoms with Gasteiger partial charge in [0.15, 0.2) is 0 Å². The van der Waals surface area contributed by atoms with Gasteiger partial charge in [-0.25, -0.2) is 4.39 Å². The van der Waals surface area contributed by atoms with Crippen LogP contribution in [0.2, 0.25) is 0 Å². The molecule has 1 unspecified atom stereocenters. The highest BCUT2D eigenvalue weighted by atomic mass is 19.1. The fourth-order valence-corrected chi connectivity index (χ4v) is 3.33. The maximum Gasteiger partial charge on any atom is 0.223 e.